The van der Waals surface area contributed by atoms with Gasteiger partial charge in [0.25, 0.3) is 5.91 Å². The minimum atomic E-state index is -0.465. The number of fused-ring (bicyclic) bond motifs is 1. The molecule has 1 aromatic carbocycles. The molecule has 2 unspecified atom stereocenters. The third-order valence-electron chi connectivity index (χ3n) is 6.13. The number of hydrogen-bond acceptors (Lipinski definition) is 4. The Morgan fingerprint density at radius 2 is 2.06 bits per heavy atom. The lowest BCUT2D eigenvalue weighted by molar-refractivity contribution is -0.115. The summed E-state index contributed by atoms with van der Waals surface area (Å²) in [4.78, 5) is 20.1. The van der Waals surface area contributed by atoms with Crippen molar-refractivity contribution in [3.63, 3.8) is 0 Å². The number of aromatic amines is 1. The van der Waals surface area contributed by atoms with Crippen molar-refractivity contribution in [1.82, 2.24) is 25.4 Å². The molecule has 8 nitrogen and oxygen atoms in total. The Morgan fingerprint density at radius 3 is 2.81 bits per heavy atom. The second-order valence-electron chi connectivity index (χ2n) is 8.50. The van der Waals surface area contributed by atoms with Crippen molar-refractivity contribution in [2.45, 2.75) is 51.6 Å². The van der Waals surface area contributed by atoms with E-state index >= 15 is 0 Å². The molecule has 1 amide bonds. The fourth-order valence-electron chi connectivity index (χ4n) is 4.01. The molecule has 1 aliphatic heterocycles. The number of carbonyl (C=O) groups is 1. The van der Waals surface area contributed by atoms with Gasteiger partial charge in [-0.15, -0.1) is 0 Å². The number of hydrogen-bond donors (Lipinski definition) is 5. The van der Waals surface area contributed by atoms with Crippen LogP contribution in [0.3, 0.4) is 0 Å². The van der Waals surface area contributed by atoms with Gasteiger partial charge in [0.05, 0.1) is 0 Å². The zero-order chi connectivity index (χ0) is 22.4. The van der Waals surface area contributed by atoms with E-state index < -0.39 is 5.91 Å². The number of likely N-dealkylation sites (N-methyl/N-ethyl adjacent to an activating group) is 1. The fraction of sp³-hybridized carbons (Fsp3) is 0.522. The predicted octanol–water partition coefficient (Wildman–Crippen LogP) is 2.52. The second-order valence-corrected chi connectivity index (χ2v) is 8.50. The summed E-state index contributed by atoms with van der Waals surface area (Å²) in [5, 5.41) is 23.3. The number of amidine groups is 1. The number of guanidine groups is 1. The highest BCUT2D eigenvalue weighted by Gasteiger charge is 2.24. The van der Waals surface area contributed by atoms with Crippen LogP contribution in [0.1, 0.15) is 38.7 Å². The molecular formula is C23H35N7O. The van der Waals surface area contributed by atoms with E-state index in [0.717, 1.165) is 42.3 Å². The summed E-state index contributed by atoms with van der Waals surface area (Å²) in [5.41, 5.74) is 2.25. The average Bonchev–Trinajstić information content (AvgIpc) is 3.16. The van der Waals surface area contributed by atoms with E-state index in [1.807, 2.05) is 29.3 Å². The van der Waals surface area contributed by atoms with Crippen molar-refractivity contribution in [3.8, 4) is 0 Å². The van der Waals surface area contributed by atoms with Crippen molar-refractivity contribution in [1.29, 1.82) is 10.8 Å². The van der Waals surface area contributed by atoms with Crippen LogP contribution in [0.5, 0.6) is 0 Å². The first-order valence-corrected chi connectivity index (χ1v) is 11.1. The number of benzene rings is 1. The van der Waals surface area contributed by atoms with E-state index in [1.165, 1.54) is 0 Å². The van der Waals surface area contributed by atoms with E-state index in [1.54, 1.807) is 0 Å². The van der Waals surface area contributed by atoms with Gasteiger partial charge in [0.2, 0.25) is 0 Å². The van der Waals surface area contributed by atoms with E-state index in [4.69, 9.17) is 10.8 Å². The summed E-state index contributed by atoms with van der Waals surface area (Å²) in [6.07, 6.45) is 5.60. The summed E-state index contributed by atoms with van der Waals surface area (Å²) in [6, 6.07) is 8.41. The van der Waals surface area contributed by atoms with Crippen LogP contribution in [0, 0.1) is 10.8 Å². The smallest absolute Gasteiger partial charge is 0.286 e. The SMILES string of the molecule is CCCCC(Cc1c[nH]c2ccccc12)NC(=O)C(=N)NC(=N)N1CCN(C)C(C)C1. The third-order valence-corrected chi connectivity index (χ3v) is 6.13. The largest absolute Gasteiger partial charge is 0.361 e. The highest BCUT2D eigenvalue weighted by molar-refractivity contribution is 6.39. The Kier molecular flexibility index (Phi) is 7.68. The molecule has 3 rings (SSSR count). The van der Waals surface area contributed by atoms with Gasteiger partial charge in [-0.25, -0.2) is 0 Å². The standard InChI is InChI=1S/C23H35N7O/c1-4-5-8-18(13-17-14-26-20-10-7-6-9-19(17)20)27-22(31)21(24)28-23(25)30-12-11-29(3)16(2)15-30/h6-7,9-10,14,16,18,26H,4-5,8,11-13,15H2,1-3H3,(H,27,31)(H3,24,25,28). The van der Waals surface area contributed by atoms with E-state index in [-0.39, 0.29) is 17.8 Å². The number of amides is 1. The molecule has 31 heavy (non-hydrogen) atoms. The normalized spacial score (nSPS) is 18.0. The Balaban J connectivity index is 1.59. The van der Waals surface area contributed by atoms with Crippen molar-refractivity contribution in [2.24, 2.45) is 0 Å². The van der Waals surface area contributed by atoms with Gasteiger partial charge in [0, 0.05) is 48.8 Å². The van der Waals surface area contributed by atoms with Crippen LogP contribution < -0.4 is 10.6 Å². The maximum absolute atomic E-state index is 12.7. The first-order chi connectivity index (χ1) is 14.9. The molecule has 5 N–H and O–H groups in total. The Bertz CT molecular complexity index is 922. The van der Waals surface area contributed by atoms with E-state index in [2.05, 4.69) is 47.5 Å². The van der Waals surface area contributed by atoms with Crippen LogP contribution in [0.15, 0.2) is 30.5 Å². The van der Waals surface area contributed by atoms with Crippen molar-refractivity contribution < 1.29 is 4.79 Å². The number of rotatable bonds is 6. The summed E-state index contributed by atoms with van der Waals surface area (Å²) < 4.78 is 0. The molecule has 8 heteroatoms. The van der Waals surface area contributed by atoms with Crippen LogP contribution >= 0.6 is 0 Å². The molecule has 0 saturated carbocycles. The topological polar surface area (TPSA) is 111 Å². The van der Waals surface area contributed by atoms with Gasteiger partial charge in [-0.1, -0.05) is 38.0 Å². The first-order valence-electron chi connectivity index (χ1n) is 11.1. The summed E-state index contributed by atoms with van der Waals surface area (Å²) >= 11 is 0. The molecule has 1 fully saturated rings. The molecular weight excluding hydrogens is 390 g/mol. The molecule has 168 valence electrons. The molecule has 0 radical (unpaired) electrons. The average molecular weight is 426 g/mol. The highest BCUT2D eigenvalue weighted by Crippen LogP contribution is 2.20. The lowest BCUT2D eigenvalue weighted by atomic mass is 10.0. The van der Waals surface area contributed by atoms with Gasteiger partial charge >= 0.3 is 0 Å². The van der Waals surface area contributed by atoms with Crippen molar-refractivity contribution >= 4 is 28.6 Å². The van der Waals surface area contributed by atoms with E-state index in [9.17, 15) is 4.79 Å². The maximum Gasteiger partial charge on any atom is 0.286 e. The van der Waals surface area contributed by atoms with Crippen LogP contribution in [0.25, 0.3) is 10.9 Å². The number of piperazine rings is 1. The molecule has 2 aromatic rings. The van der Waals surface area contributed by atoms with Crippen molar-refractivity contribution in [3.05, 3.63) is 36.0 Å². The molecule has 0 aliphatic carbocycles. The lowest BCUT2D eigenvalue weighted by Gasteiger charge is -2.38. The number of nitrogens with zero attached hydrogens (tertiary/aromatic N) is 2. The third kappa shape index (κ3) is 5.85. The maximum atomic E-state index is 12.7. The zero-order valence-electron chi connectivity index (χ0n) is 18.8. The van der Waals surface area contributed by atoms with Crippen LogP contribution in [0.2, 0.25) is 0 Å². The van der Waals surface area contributed by atoms with E-state index in [0.29, 0.717) is 25.6 Å². The quantitative estimate of drug-likeness (QED) is 0.362. The Labute approximate surface area is 184 Å². The molecule has 2 heterocycles. The lowest BCUT2D eigenvalue weighted by Crippen LogP contribution is -2.57. The second kappa shape index (κ2) is 10.4. The number of H-pyrrole nitrogens is 1. The molecule has 0 bridgehead atoms. The Morgan fingerprint density at radius 1 is 1.29 bits per heavy atom. The molecule has 2 atom stereocenters. The van der Waals surface area contributed by atoms with Gasteiger partial charge in [0.1, 0.15) is 0 Å². The molecule has 1 saturated heterocycles. The van der Waals surface area contributed by atoms with Crippen LogP contribution in [-0.4, -0.2) is 71.3 Å². The van der Waals surface area contributed by atoms with Crippen LogP contribution in [0.4, 0.5) is 0 Å². The number of carbonyl (C=O) groups excluding carboxylic acids is 1. The van der Waals surface area contributed by atoms with Crippen LogP contribution in [-0.2, 0) is 11.2 Å². The predicted molar refractivity (Wildman–Crippen MR) is 126 cm³/mol. The van der Waals surface area contributed by atoms with Gasteiger partial charge in [-0.2, -0.15) is 0 Å². The number of nitrogens with one attached hydrogen (secondary N) is 5. The zero-order valence-corrected chi connectivity index (χ0v) is 18.8. The summed E-state index contributed by atoms with van der Waals surface area (Å²) in [5.74, 6) is -0.633. The number of aromatic nitrogens is 1. The van der Waals surface area contributed by atoms with Gasteiger partial charge in [0.15, 0.2) is 11.8 Å². The minimum absolute atomic E-state index is 0.0633. The fourth-order valence-corrected chi connectivity index (χ4v) is 4.01. The molecule has 1 aliphatic rings. The molecule has 1 aromatic heterocycles. The van der Waals surface area contributed by atoms with Gasteiger partial charge in [-0.3, -0.25) is 15.6 Å². The summed E-state index contributed by atoms with van der Waals surface area (Å²) in [7, 11) is 2.07. The monoisotopic (exact) mass is 425 g/mol. The molecule has 0 spiro atoms. The van der Waals surface area contributed by atoms with Gasteiger partial charge in [-0.05, 0) is 38.4 Å². The summed E-state index contributed by atoms with van der Waals surface area (Å²) in [6.45, 7) is 6.51. The first kappa shape index (κ1) is 22.8. The number of para-hydroxylation sites is 1. The highest BCUT2D eigenvalue weighted by atomic mass is 16.2. The van der Waals surface area contributed by atoms with Gasteiger partial charge < -0.3 is 25.4 Å². The van der Waals surface area contributed by atoms with Crippen molar-refractivity contribution in [2.75, 3.05) is 26.7 Å². The Hall–Kier alpha value is -2.87. The minimum Gasteiger partial charge on any atom is -0.361 e. The number of unbranched alkanes of at least 4 members (excludes halogenated alkanes) is 1.